The van der Waals surface area contributed by atoms with Gasteiger partial charge in [0.1, 0.15) is 28.3 Å². The van der Waals surface area contributed by atoms with E-state index < -0.39 is 36.8 Å². The first kappa shape index (κ1) is 14.7. The quantitative estimate of drug-likeness (QED) is 0.819. The van der Waals surface area contributed by atoms with Crippen molar-refractivity contribution < 1.29 is 22.8 Å². The Morgan fingerprint density at radius 2 is 2.23 bits per heavy atom. The maximum atomic E-state index is 13.1. The third kappa shape index (κ3) is 3.72. The summed E-state index contributed by atoms with van der Waals surface area (Å²) in [6, 6.07) is 0.537. The number of aromatic nitrogens is 3. The molecule has 0 saturated heterocycles. The summed E-state index contributed by atoms with van der Waals surface area (Å²) < 4.78 is 42.6. The first-order chi connectivity index (χ1) is 13.3. The minimum Gasteiger partial charge on any atom is -0.443 e. The van der Waals surface area contributed by atoms with Crippen molar-refractivity contribution in [1.82, 2.24) is 19.9 Å². The number of fused-ring (bicyclic) bond motifs is 1. The van der Waals surface area contributed by atoms with E-state index in [2.05, 4.69) is 15.4 Å². The standard InChI is InChI=1S/C16H19ClFN5O3/c1-16(2,3)26-15(25)22(4)12-6-11(17)21-13-8(7-19-23(12)13)14(24)20-10-5-9(10)18/h6-7,9-10H,5H2,1-4H3,(H,20,24)/t9-,10+/m0/s1/i4D3. The van der Waals surface area contributed by atoms with Crippen LogP contribution in [0.1, 0.15) is 41.7 Å². The predicted molar refractivity (Wildman–Crippen MR) is 93.4 cm³/mol. The smallest absolute Gasteiger partial charge is 0.415 e. The number of nitrogens with one attached hydrogen (secondary N) is 1. The molecule has 1 aliphatic carbocycles. The van der Waals surface area contributed by atoms with Crippen LogP contribution in [0.3, 0.4) is 0 Å². The second-order valence-electron chi connectivity index (χ2n) is 6.88. The molecule has 3 rings (SSSR count). The largest absolute Gasteiger partial charge is 0.443 e. The average Bonchev–Trinajstić information content (AvgIpc) is 3.03. The molecule has 0 spiro atoms. The topological polar surface area (TPSA) is 88.8 Å². The lowest BCUT2D eigenvalue weighted by Crippen LogP contribution is -2.35. The van der Waals surface area contributed by atoms with Crippen molar-refractivity contribution in [2.45, 2.75) is 45.0 Å². The Bertz CT molecular complexity index is 975. The molecule has 2 atom stereocenters. The SMILES string of the molecule is [2H]C([2H])([2H])N(C(=O)OC(C)(C)C)c1cc(Cl)nc2c(C(=O)N[C@@H]3C[C@@H]3F)cnn12. The van der Waals surface area contributed by atoms with Crippen molar-refractivity contribution in [1.29, 1.82) is 0 Å². The van der Waals surface area contributed by atoms with Crippen LogP contribution in [-0.4, -0.2) is 51.4 Å². The number of hydrogen-bond acceptors (Lipinski definition) is 5. The highest BCUT2D eigenvalue weighted by atomic mass is 35.5. The van der Waals surface area contributed by atoms with Crippen molar-refractivity contribution in [3.8, 4) is 0 Å². The van der Waals surface area contributed by atoms with Gasteiger partial charge in [-0.25, -0.2) is 14.2 Å². The summed E-state index contributed by atoms with van der Waals surface area (Å²) in [5.74, 6) is -0.897. The van der Waals surface area contributed by atoms with E-state index in [-0.39, 0.29) is 28.6 Å². The Labute approximate surface area is 158 Å². The molecule has 140 valence electrons. The third-order valence-electron chi connectivity index (χ3n) is 3.50. The fraction of sp³-hybridized carbons (Fsp3) is 0.500. The minimum atomic E-state index is -2.94. The molecule has 0 radical (unpaired) electrons. The van der Waals surface area contributed by atoms with Gasteiger partial charge < -0.3 is 10.1 Å². The van der Waals surface area contributed by atoms with Gasteiger partial charge in [0.05, 0.1) is 12.2 Å². The molecule has 1 N–H and O–H groups in total. The molecule has 0 aromatic carbocycles. The van der Waals surface area contributed by atoms with E-state index in [4.69, 9.17) is 20.5 Å². The molecule has 1 fully saturated rings. The van der Waals surface area contributed by atoms with Crippen LogP contribution in [0.5, 0.6) is 0 Å². The first-order valence-corrected chi connectivity index (χ1v) is 8.18. The molecule has 0 unspecified atom stereocenters. The first-order valence-electron chi connectivity index (χ1n) is 9.30. The molecular formula is C16H19ClFN5O3. The van der Waals surface area contributed by atoms with E-state index in [9.17, 15) is 14.0 Å². The maximum Gasteiger partial charge on any atom is 0.415 e. The lowest BCUT2D eigenvalue weighted by atomic mass is 10.2. The number of hydrogen-bond donors (Lipinski definition) is 1. The molecule has 1 saturated carbocycles. The van der Waals surface area contributed by atoms with Gasteiger partial charge in [0, 0.05) is 23.6 Å². The van der Waals surface area contributed by atoms with E-state index in [0.29, 0.717) is 4.90 Å². The predicted octanol–water partition coefficient (Wildman–Crippen LogP) is 2.59. The molecule has 8 nitrogen and oxygen atoms in total. The van der Waals surface area contributed by atoms with Gasteiger partial charge in [-0.1, -0.05) is 11.6 Å². The van der Waals surface area contributed by atoms with Crippen molar-refractivity contribution in [2.24, 2.45) is 0 Å². The normalized spacial score (nSPS) is 21.5. The average molecular weight is 387 g/mol. The number of ether oxygens (including phenoxy) is 1. The molecule has 1 aliphatic rings. The van der Waals surface area contributed by atoms with Crippen molar-refractivity contribution in [2.75, 3.05) is 11.9 Å². The Hall–Kier alpha value is -2.42. The van der Waals surface area contributed by atoms with Gasteiger partial charge in [0.2, 0.25) is 0 Å². The minimum absolute atomic E-state index is 0.0393. The zero-order chi connectivity index (χ0) is 21.7. The van der Waals surface area contributed by atoms with Gasteiger partial charge in [-0.15, -0.1) is 0 Å². The molecule has 0 aliphatic heterocycles. The van der Waals surface area contributed by atoms with Gasteiger partial charge >= 0.3 is 6.09 Å². The summed E-state index contributed by atoms with van der Waals surface area (Å²) in [6.45, 7) is 1.82. The molecule has 10 heteroatoms. The highest BCUT2D eigenvalue weighted by molar-refractivity contribution is 6.30. The van der Waals surface area contributed by atoms with Gasteiger partial charge in [-0.05, 0) is 20.8 Å². The van der Waals surface area contributed by atoms with E-state index in [1.165, 1.54) is 0 Å². The Morgan fingerprint density at radius 3 is 2.81 bits per heavy atom. The molecule has 2 aromatic heterocycles. The van der Waals surface area contributed by atoms with E-state index in [1.54, 1.807) is 20.8 Å². The maximum absolute atomic E-state index is 13.1. The highest BCUT2D eigenvalue weighted by Gasteiger charge is 2.39. The zero-order valence-corrected chi connectivity index (χ0v) is 15.0. The van der Waals surface area contributed by atoms with E-state index in [1.807, 2.05) is 0 Å². The van der Waals surface area contributed by atoms with E-state index in [0.717, 1.165) is 16.8 Å². The van der Waals surface area contributed by atoms with Crippen LogP contribution in [0.4, 0.5) is 15.0 Å². The van der Waals surface area contributed by atoms with Crippen molar-refractivity contribution in [3.63, 3.8) is 0 Å². The number of alkyl halides is 1. The number of anilines is 1. The van der Waals surface area contributed by atoms with Gasteiger partial charge in [0.25, 0.3) is 5.91 Å². The molecule has 2 amide bonds. The summed E-state index contributed by atoms with van der Waals surface area (Å²) in [5.41, 5.74) is -1.08. The number of halogens is 2. The third-order valence-corrected chi connectivity index (χ3v) is 3.69. The monoisotopic (exact) mass is 386 g/mol. The van der Waals surface area contributed by atoms with Crippen molar-refractivity contribution in [3.05, 3.63) is 23.0 Å². The summed E-state index contributed by atoms with van der Waals surface area (Å²) >= 11 is 6.02. The molecular weight excluding hydrogens is 365 g/mol. The highest BCUT2D eigenvalue weighted by Crippen LogP contribution is 2.27. The number of rotatable bonds is 3. The molecule has 2 aromatic rings. The van der Waals surface area contributed by atoms with Gasteiger partial charge in [-0.3, -0.25) is 9.69 Å². The van der Waals surface area contributed by atoms with E-state index >= 15 is 0 Å². The van der Waals surface area contributed by atoms with Crippen LogP contribution in [0, 0.1) is 0 Å². The lowest BCUT2D eigenvalue weighted by molar-refractivity contribution is 0.0587. The number of carbonyl (C=O) groups excluding carboxylic acids is 2. The number of nitrogens with zero attached hydrogens (tertiary/aromatic N) is 4. The van der Waals surface area contributed by atoms with Gasteiger partial charge in [0.15, 0.2) is 5.65 Å². The molecule has 2 heterocycles. The summed E-state index contributed by atoms with van der Waals surface area (Å²) in [7, 11) is 0. The van der Waals surface area contributed by atoms with Crippen LogP contribution in [-0.2, 0) is 4.74 Å². The number of carbonyl (C=O) groups is 2. The van der Waals surface area contributed by atoms with Crippen LogP contribution in [0.2, 0.25) is 5.15 Å². The number of amides is 2. The molecule has 26 heavy (non-hydrogen) atoms. The van der Waals surface area contributed by atoms with Crippen LogP contribution in [0.15, 0.2) is 12.3 Å². The summed E-state index contributed by atoms with van der Waals surface area (Å²) in [6.07, 6.45) is -0.901. The summed E-state index contributed by atoms with van der Waals surface area (Å²) in [5, 5.41) is 6.29. The summed E-state index contributed by atoms with van der Waals surface area (Å²) in [4.78, 5) is 29.4. The zero-order valence-electron chi connectivity index (χ0n) is 17.3. The second-order valence-corrected chi connectivity index (χ2v) is 7.27. The Balaban J connectivity index is 2.07. The Morgan fingerprint density at radius 1 is 1.54 bits per heavy atom. The lowest BCUT2D eigenvalue weighted by Gasteiger charge is -2.24. The fourth-order valence-corrected chi connectivity index (χ4v) is 2.38. The van der Waals surface area contributed by atoms with Crippen LogP contribution < -0.4 is 10.2 Å². The fourth-order valence-electron chi connectivity index (χ4n) is 2.20. The second kappa shape index (κ2) is 6.39. The van der Waals surface area contributed by atoms with Crippen molar-refractivity contribution >= 4 is 35.1 Å². The van der Waals surface area contributed by atoms with Crippen LogP contribution >= 0.6 is 11.6 Å². The van der Waals surface area contributed by atoms with Crippen LogP contribution in [0.25, 0.3) is 5.65 Å². The Kier molecular flexibility index (Phi) is 3.61. The molecule has 0 bridgehead atoms. The van der Waals surface area contributed by atoms with Gasteiger partial charge in [-0.2, -0.15) is 9.61 Å².